The first-order valence-corrected chi connectivity index (χ1v) is 9.55. The molecular weight excluding hydrogens is 365 g/mol. The van der Waals surface area contributed by atoms with Crippen LogP contribution in [0.5, 0.6) is 0 Å². The third-order valence-electron chi connectivity index (χ3n) is 2.30. The van der Waals surface area contributed by atoms with Crippen molar-refractivity contribution in [2.75, 3.05) is 0 Å². The summed E-state index contributed by atoms with van der Waals surface area (Å²) in [6, 6.07) is 6.17. The minimum absolute atomic E-state index is 0.0743. The molecule has 5 nitrogen and oxygen atoms in total. The third kappa shape index (κ3) is 3.00. The number of rotatable bonds is 3. The van der Waals surface area contributed by atoms with Crippen LogP contribution in [0.15, 0.2) is 43.6 Å². The molecule has 0 aliphatic carbocycles. The predicted molar refractivity (Wildman–Crippen MR) is 77.6 cm³/mol. The SMILES string of the molecule is NS(=O)(=O)c1ccc(S(=O)(=O)c2ccc(Cl)c(Cl)c2)s1. The van der Waals surface area contributed by atoms with Gasteiger partial charge < -0.3 is 0 Å². The summed E-state index contributed by atoms with van der Waals surface area (Å²) in [5, 5.41) is 5.26. The number of sulfone groups is 1. The molecule has 0 saturated carbocycles. The van der Waals surface area contributed by atoms with E-state index in [9.17, 15) is 16.8 Å². The Balaban J connectivity index is 2.55. The number of nitrogens with two attached hydrogens (primary N) is 1. The van der Waals surface area contributed by atoms with Crippen LogP contribution >= 0.6 is 34.5 Å². The van der Waals surface area contributed by atoms with Gasteiger partial charge in [-0.3, -0.25) is 0 Å². The van der Waals surface area contributed by atoms with Crippen LogP contribution in [0.25, 0.3) is 0 Å². The van der Waals surface area contributed by atoms with E-state index in [2.05, 4.69) is 0 Å². The van der Waals surface area contributed by atoms with Crippen LogP contribution in [0.4, 0.5) is 0 Å². The van der Waals surface area contributed by atoms with E-state index in [1.54, 1.807) is 0 Å². The van der Waals surface area contributed by atoms with E-state index >= 15 is 0 Å². The second kappa shape index (κ2) is 5.28. The number of primary sulfonamides is 1. The average molecular weight is 372 g/mol. The lowest BCUT2D eigenvalue weighted by molar-refractivity contribution is 0.597. The lowest BCUT2D eigenvalue weighted by atomic mass is 10.4. The minimum Gasteiger partial charge on any atom is -0.224 e. The van der Waals surface area contributed by atoms with Crippen LogP contribution < -0.4 is 5.14 Å². The van der Waals surface area contributed by atoms with E-state index in [0.717, 1.165) is 6.07 Å². The van der Waals surface area contributed by atoms with Gasteiger partial charge >= 0.3 is 0 Å². The maximum absolute atomic E-state index is 12.3. The van der Waals surface area contributed by atoms with E-state index < -0.39 is 19.9 Å². The summed E-state index contributed by atoms with van der Waals surface area (Å²) in [5.41, 5.74) is 0. The van der Waals surface area contributed by atoms with Crippen LogP contribution in [0.2, 0.25) is 10.0 Å². The highest BCUT2D eigenvalue weighted by molar-refractivity contribution is 7.95. The first kappa shape index (κ1) is 15.7. The fourth-order valence-electron chi connectivity index (χ4n) is 1.36. The van der Waals surface area contributed by atoms with Gasteiger partial charge in [-0.25, -0.2) is 22.0 Å². The van der Waals surface area contributed by atoms with Gasteiger partial charge in [0, 0.05) is 0 Å². The second-order valence-corrected chi connectivity index (χ2v) is 9.56. The average Bonchev–Trinajstić information content (AvgIpc) is 2.82. The van der Waals surface area contributed by atoms with Crippen molar-refractivity contribution in [2.24, 2.45) is 5.14 Å². The molecule has 0 spiro atoms. The summed E-state index contributed by atoms with van der Waals surface area (Å²) in [6.45, 7) is 0. The standard InChI is InChI=1S/C10H7Cl2NO4S3/c11-7-2-1-6(5-8(7)12)19(14,15)9-3-4-10(18-9)20(13,16)17/h1-5H,(H2,13,16,17). The fraction of sp³-hybridized carbons (Fsp3) is 0. The Hall–Kier alpha value is -0.640. The molecule has 0 fully saturated rings. The van der Waals surface area contributed by atoms with E-state index in [1.807, 2.05) is 0 Å². The Morgan fingerprint density at radius 3 is 2.00 bits per heavy atom. The van der Waals surface area contributed by atoms with Crippen molar-refractivity contribution in [1.82, 2.24) is 0 Å². The molecule has 2 N–H and O–H groups in total. The molecule has 2 rings (SSSR count). The molecule has 0 radical (unpaired) electrons. The normalized spacial score (nSPS) is 12.6. The van der Waals surface area contributed by atoms with Crippen LogP contribution in [0, 0.1) is 0 Å². The summed E-state index contributed by atoms with van der Waals surface area (Å²) in [4.78, 5) is -0.0743. The number of hydrogen-bond acceptors (Lipinski definition) is 5. The van der Waals surface area contributed by atoms with Crippen molar-refractivity contribution >= 4 is 54.4 Å². The Labute approximate surface area is 129 Å². The second-order valence-electron chi connectivity index (χ2n) is 3.70. The van der Waals surface area contributed by atoms with Gasteiger partial charge in [-0.1, -0.05) is 23.2 Å². The number of sulfonamides is 1. The van der Waals surface area contributed by atoms with Crippen LogP contribution in [0.3, 0.4) is 0 Å². The smallest absolute Gasteiger partial charge is 0.224 e. The lowest BCUT2D eigenvalue weighted by Crippen LogP contribution is -2.09. The fourth-order valence-corrected chi connectivity index (χ4v) is 5.34. The maximum atomic E-state index is 12.3. The van der Waals surface area contributed by atoms with Gasteiger partial charge in [-0.15, -0.1) is 11.3 Å². The Morgan fingerprint density at radius 1 is 0.900 bits per heavy atom. The molecule has 0 atom stereocenters. The van der Waals surface area contributed by atoms with Crippen molar-refractivity contribution in [1.29, 1.82) is 0 Å². The molecule has 0 amide bonds. The first-order chi connectivity index (χ1) is 9.12. The van der Waals surface area contributed by atoms with Crippen molar-refractivity contribution in [3.8, 4) is 0 Å². The minimum atomic E-state index is -3.93. The van der Waals surface area contributed by atoms with Gasteiger partial charge in [0.25, 0.3) is 0 Å². The highest BCUT2D eigenvalue weighted by Gasteiger charge is 2.23. The highest BCUT2D eigenvalue weighted by atomic mass is 35.5. The molecule has 0 bridgehead atoms. The molecule has 0 aliphatic heterocycles. The van der Waals surface area contributed by atoms with Crippen molar-refractivity contribution in [3.05, 3.63) is 40.4 Å². The molecule has 1 aromatic carbocycles. The molecule has 0 unspecified atom stereocenters. The van der Waals surface area contributed by atoms with Crippen molar-refractivity contribution in [3.63, 3.8) is 0 Å². The summed E-state index contributed by atoms with van der Waals surface area (Å²) in [5.74, 6) is 0. The van der Waals surface area contributed by atoms with Crippen LogP contribution in [-0.2, 0) is 19.9 Å². The predicted octanol–water partition coefficient (Wildman–Crippen LogP) is 2.54. The highest BCUT2D eigenvalue weighted by Crippen LogP contribution is 2.32. The van der Waals surface area contributed by atoms with Gasteiger partial charge in [0.15, 0.2) is 0 Å². The molecule has 0 aliphatic rings. The van der Waals surface area contributed by atoms with E-state index in [4.69, 9.17) is 28.3 Å². The first-order valence-electron chi connectivity index (χ1n) is 4.95. The van der Waals surface area contributed by atoms with E-state index in [1.165, 1.54) is 24.3 Å². The van der Waals surface area contributed by atoms with Crippen molar-refractivity contribution < 1.29 is 16.8 Å². The lowest BCUT2D eigenvalue weighted by Gasteiger charge is -2.03. The number of thiophene rings is 1. The number of benzene rings is 1. The largest absolute Gasteiger partial charge is 0.247 e. The van der Waals surface area contributed by atoms with Crippen LogP contribution in [0.1, 0.15) is 0 Å². The molecule has 108 valence electrons. The molecule has 2 aromatic rings. The molecule has 0 saturated heterocycles. The van der Waals surface area contributed by atoms with E-state index in [-0.39, 0.29) is 23.4 Å². The zero-order valence-electron chi connectivity index (χ0n) is 9.58. The maximum Gasteiger partial charge on any atom is 0.247 e. The Kier molecular flexibility index (Phi) is 4.16. The zero-order valence-corrected chi connectivity index (χ0v) is 13.5. The van der Waals surface area contributed by atoms with Gasteiger partial charge in [0.05, 0.1) is 14.9 Å². The molecule has 10 heteroatoms. The Morgan fingerprint density at radius 2 is 1.50 bits per heavy atom. The molecule has 1 heterocycles. The summed E-state index contributed by atoms with van der Waals surface area (Å²) in [6.07, 6.45) is 0. The third-order valence-corrected chi connectivity index (χ3v) is 7.81. The number of hydrogen-bond donors (Lipinski definition) is 1. The molecular formula is C10H7Cl2NO4S3. The van der Waals surface area contributed by atoms with Crippen LogP contribution in [-0.4, -0.2) is 16.8 Å². The van der Waals surface area contributed by atoms with Gasteiger partial charge in [0.1, 0.15) is 8.42 Å². The zero-order chi connectivity index (χ0) is 15.1. The van der Waals surface area contributed by atoms with Gasteiger partial charge in [0.2, 0.25) is 19.9 Å². The van der Waals surface area contributed by atoms with Gasteiger partial charge in [-0.2, -0.15) is 0 Å². The number of halogens is 2. The van der Waals surface area contributed by atoms with E-state index in [0.29, 0.717) is 11.3 Å². The topological polar surface area (TPSA) is 94.3 Å². The summed E-state index contributed by atoms with van der Waals surface area (Å²) >= 11 is 12.1. The van der Waals surface area contributed by atoms with Crippen molar-refractivity contribution in [2.45, 2.75) is 13.3 Å². The Bertz CT molecular complexity index is 872. The van der Waals surface area contributed by atoms with Gasteiger partial charge in [-0.05, 0) is 30.3 Å². The summed E-state index contributed by atoms with van der Waals surface area (Å²) < 4.78 is 46.6. The monoisotopic (exact) mass is 371 g/mol. The molecule has 20 heavy (non-hydrogen) atoms. The summed E-state index contributed by atoms with van der Waals surface area (Å²) in [7, 11) is -7.79. The molecule has 1 aromatic heterocycles. The quantitative estimate of drug-likeness (QED) is 0.896.